The molecule has 8 N–H and O–H groups in total. The lowest BCUT2D eigenvalue weighted by Gasteiger charge is -2.26. The van der Waals surface area contributed by atoms with E-state index in [1.807, 2.05) is 6.92 Å². The highest BCUT2D eigenvalue weighted by molar-refractivity contribution is 5.96. The molecule has 0 aliphatic heterocycles. The van der Waals surface area contributed by atoms with Crippen molar-refractivity contribution in [2.45, 2.75) is 27.2 Å². The van der Waals surface area contributed by atoms with Crippen LogP contribution in [0.15, 0.2) is 6.07 Å². The summed E-state index contributed by atoms with van der Waals surface area (Å²) in [7, 11) is 0. The molecule has 4 amide bonds. The maximum Gasteiger partial charge on any atom is 0.333 e. The fraction of sp³-hybridized carbons (Fsp3) is 0.333. The first kappa shape index (κ1) is 15.7. The van der Waals surface area contributed by atoms with Crippen LogP contribution in [0.3, 0.4) is 0 Å². The minimum Gasteiger partial charge on any atom is -0.350 e. The molecule has 1 aromatic carbocycles. The molecular weight excluding hydrogens is 260 g/mol. The number of aryl methyl sites for hydroxylation is 2. The molecule has 0 saturated carbocycles. The Morgan fingerprint density at radius 1 is 1.05 bits per heavy atom. The largest absolute Gasteiger partial charge is 0.350 e. The van der Waals surface area contributed by atoms with E-state index in [4.69, 9.17) is 23.2 Å². The van der Waals surface area contributed by atoms with E-state index in [0.717, 1.165) is 21.1 Å². The van der Waals surface area contributed by atoms with Gasteiger partial charge in [-0.15, -0.1) is 0 Å². The molecule has 0 aromatic heterocycles. The van der Waals surface area contributed by atoms with E-state index < -0.39 is 12.1 Å². The van der Waals surface area contributed by atoms with E-state index >= 15 is 0 Å². The number of hydrogen-bond donors (Lipinski definition) is 4. The van der Waals surface area contributed by atoms with Crippen LogP contribution < -0.4 is 33.2 Å². The van der Waals surface area contributed by atoms with Crippen molar-refractivity contribution < 1.29 is 9.59 Å². The van der Waals surface area contributed by atoms with Crippen LogP contribution in [0.2, 0.25) is 0 Å². The number of carbonyl (C=O) groups is 2. The van der Waals surface area contributed by atoms with Gasteiger partial charge in [0, 0.05) is 5.56 Å². The third-order valence-corrected chi connectivity index (χ3v) is 3.12. The number of hydrogen-bond acceptors (Lipinski definition) is 4. The lowest BCUT2D eigenvalue weighted by molar-refractivity contribution is 0.253. The molecule has 0 fully saturated rings. The number of amides is 4. The molecule has 1 aromatic rings. The Bertz CT molecular complexity index is 557. The Balaban J connectivity index is 3.61. The van der Waals surface area contributed by atoms with Crippen molar-refractivity contribution in [3.63, 3.8) is 0 Å². The fourth-order valence-corrected chi connectivity index (χ4v) is 2.24. The standard InChI is InChI=1S/C12H20N6O2/c1-4-8-5-6(2)9(17(15)11(13)19)7(3)10(8)18(16)12(14)20/h5H,4,15-16H2,1-3H3,(H2,13,19)(H2,14,20). The SMILES string of the molecule is CCc1cc(C)c(N(N)C(N)=O)c(C)c1N(N)C(N)=O. The van der Waals surface area contributed by atoms with Crippen LogP contribution in [0.25, 0.3) is 0 Å². The molecule has 110 valence electrons. The predicted octanol–water partition coefficient (Wildman–Crippen LogP) is 0.383. The topological polar surface area (TPSA) is 145 Å². The molecule has 0 unspecified atom stereocenters. The summed E-state index contributed by atoms with van der Waals surface area (Å²) >= 11 is 0. The Labute approximate surface area is 117 Å². The maximum atomic E-state index is 11.3. The smallest absolute Gasteiger partial charge is 0.333 e. The molecule has 0 aliphatic carbocycles. The van der Waals surface area contributed by atoms with Crippen LogP contribution in [0.1, 0.15) is 23.6 Å². The third kappa shape index (κ3) is 2.65. The normalized spacial score (nSPS) is 10.2. The van der Waals surface area contributed by atoms with Crippen LogP contribution in [0, 0.1) is 13.8 Å². The van der Waals surface area contributed by atoms with Gasteiger partial charge in [-0.3, -0.25) is 0 Å². The van der Waals surface area contributed by atoms with E-state index in [2.05, 4.69) is 0 Å². The lowest BCUT2D eigenvalue weighted by atomic mass is 9.99. The van der Waals surface area contributed by atoms with Crippen LogP contribution >= 0.6 is 0 Å². The monoisotopic (exact) mass is 280 g/mol. The number of benzene rings is 1. The van der Waals surface area contributed by atoms with Crippen molar-refractivity contribution in [1.82, 2.24) is 0 Å². The minimum atomic E-state index is -0.811. The summed E-state index contributed by atoms with van der Waals surface area (Å²) in [6, 6.07) is 0.179. The van der Waals surface area contributed by atoms with Gasteiger partial charge in [-0.05, 0) is 31.4 Å². The Morgan fingerprint density at radius 2 is 1.50 bits per heavy atom. The predicted molar refractivity (Wildman–Crippen MR) is 77.8 cm³/mol. The highest BCUT2D eigenvalue weighted by Crippen LogP contribution is 2.34. The molecular formula is C12H20N6O2. The van der Waals surface area contributed by atoms with E-state index in [0.29, 0.717) is 23.4 Å². The second-order valence-electron chi connectivity index (χ2n) is 4.44. The van der Waals surface area contributed by atoms with Crippen molar-refractivity contribution in [2.75, 3.05) is 10.0 Å². The van der Waals surface area contributed by atoms with Gasteiger partial charge in [0.1, 0.15) is 0 Å². The number of nitrogens with two attached hydrogens (primary N) is 4. The summed E-state index contributed by atoms with van der Waals surface area (Å²) in [6.45, 7) is 5.40. The molecule has 0 saturated heterocycles. The van der Waals surface area contributed by atoms with Crippen LogP contribution in [-0.2, 0) is 6.42 Å². The zero-order valence-corrected chi connectivity index (χ0v) is 11.8. The third-order valence-electron chi connectivity index (χ3n) is 3.12. The first-order valence-corrected chi connectivity index (χ1v) is 6.03. The lowest BCUT2D eigenvalue weighted by Crippen LogP contribution is -2.45. The van der Waals surface area contributed by atoms with Gasteiger partial charge in [0.25, 0.3) is 0 Å². The van der Waals surface area contributed by atoms with Crippen molar-refractivity contribution in [1.29, 1.82) is 0 Å². The van der Waals surface area contributed by atoms with Gasteiger partial charge in [0.2, 0.25) is 0 Å². The van der Waals surface area contributed by atoms with Crippen LogP contribution in [0.5, 0.6) is 0 Å². The van der Waals surface area contributed by atoms with Gasteiger partial charge in [0.15, 0.2) is 0 Å². The first-order valence-electron chi connectivity index (χ1n) is 6.03. The van der Waals surface area contributed by atoms with Gasteiger partial charge < -0.3 is 11.5 Å². The molecule has 8 nitrogen and oxygen atoms in total. The van der Waals surface area contributed by atoms with Crippen molar-refractivity contribution in [2.24, 2.45) is 23.2 Å². The zero-order valence-electron chi connectivity index (χ0n) is 11.8. The molecule has 0 aliphatic rings. The summed E-state index contributed by atoms with van der Waals surface area (Å²) in [4.78, 5) is 22.6. The van der Waals surface area contributed by atoms with Gasteiger partial charge in [-0.1, -0.05) is 13.0 Å². The summed E-state index contributed by atoms with van der Waals surface area (Å²) in [6.07, 6.45) is 0.638. The number of rotatable bonds is 3. The van der Waals surface area contributed by atoms with Gasteiger partial charge in [-0.2, -0.15) is 0 Å². The van der Waals surface area contributed by atoms with Crippen LogP contribution in [0.4, 0.5) is 21.0 Å². The highest BCUT2D eigenvalue weighted by Gasteiger charge is 2.22. The number of urea groups is 2. The maximum absolute atomic E-state index is 11.3. The minimum absolute atomic E-state index is 0.404. The van der Waals surface area contributed by atoms with E-state index in [9.17, 15) is 9.59 Å². The second-order valence-corrected chi connectivity index (χ2v) is 4.44. The molecule has 8 heteroatoms. The Hall–Kier alpha value is -2.32. The summed E-state index contributed by atoms with van der Waals surface area (Å²) in [5.74, 6) is 11.4. The van der Waals surface area contributed by atoms with Gasteiger partial charge >= 0.3 is 12.1 Å². The number of hydrazine groups is 2. The van der Waals surface area contributed by atoms with Crippen LogP contribution in [-0.4, -0.2) is 12.1 Å². The molecule has 0 atom stereocenters. The van der Waals surface area contributed by atoms with E-state index in [1.54, 1.807) is 19.9 Å². The quantitative estimate of drug-likeness (QED) is 0.360. The number of carbonyl (C=O) groups excluding carboxylic acids is 2. The molecule has 0 spiro atoms. The number of anilines is 2. The summed E-state index contributed by atoms with van der Waals surface area (Å²) in [5, 5.41) is 1.66. The van der Waals surface area contributed by atoms with Gasteiger partial charge in [0.05, 0.1) is 11.4 Å². The highest BCUT2D eigenvalue weighted by atomic mass is 16.2. The van der Waals surface area contributed by atoms with Crippen molar-refractivity contribution in [3.8, 4) is 0 Å². The van der Waals surface area contributed by atoms with Gasteiger partial charge in [-0.25, -0.2) is 31.3 Å². The molecule has 20 heavy (non-hydrogen) atoms. The van der Waals surface area contributed by atoms with E-state index in [-0.39, 0.29) is 0 Å². The fourth-order valence-electron chi connectivity index (χ4n) is 2.24. The van der Waals surface area contributed by atoms with Crippen molar-refractivity contribution >= 4 is 23.4 Å². The number of primary amides is 2. The number of nitrogens with zero attached hydrogens (tertiary/aromatic N) is 2. The summed E-state index contributed by atoms with van der Waals surface area (Å²) in [5.41, 5.74) is 13.4. The first-order chi connectivity index (χ1) is 9.22. The zero-order chi connectivity index (χ0) is 15.6. The van der Waals surface area contributed by atoms with Crippen molar-refractivity contribution in [3.05, 3.63) is 22.8 Å². The average Bonchev–Trinajstić information content (AvgIpc) is 2.36. The van der Waals surface area contributed by atoms with E-state index in [1.165, 1.54) is 0 Å². The Morgan fingerprint density at radius 3 is 1.90 bits per heavy atom. The Kier molecular flexibility index (Phi) is 4.53. The summed E-state index contributed by atoms with van der Waals surface area (Å²) < 4.78 is 0. The second kappa shape index (κ2) is 5.76. The molecule has 0 bridgehead atoms. The molecule has 0 heterocycles. The molecule has 0 radical (unpaired) electrons. The average molecular weight is 280 g/mol. The molecule has 1 rings (SSSR count).